The Bertz CT molecular complexity index is 901. The SMILES string of the molecule is COC(=O)c1ccc2c(c1)S(=O)(=O)N(C)C(c1ccccc1)=C2. The summed E-state index contributed by atoms with van der Waals surface area (Å²) in [6.45, 7) is 0. The lowest BCUT2D eigenvalue weighted by Crippen LogP contribution is -2.29. The Kier molecular flexibility index (Phi) is 3.69. The number of carbonyl (C=O) groups is 1. The molecule has 0 bridgehead atoms. The number of methoxy groups -OCH3 is 1. The quantitative estimate of drug-likeness (QED) is 0.795. The molecule has 118 valence electrons. The van der Waals surface area contributed by atoms with Gasteiger partial charge in [0.25, 0.3) is 10.0 Å². The predicted molar refractivity (Wildman–Crippen MR) is 87.0 cm³/mol. The fraction of sp³-hybridized carbons (Fsp3) is 0.118. The third kappa shape index (κ3) is 2.51. The molecule has 23 heavy (non-hydrogen) atoms. The first-order chi connectivity index (χ1) is 10.9. The standard InChI is InChI=1S/C17H15NO4S/c1-18-15(12-6-4-3-5-7-12)10-13-8-9-14(17(19)22-2)11-16(13)23(18,20)21/h3-11H,1-2H3. The van der Waals surface area contributed by atoms with Crippen LogP contribution >= 0.6 is 0 Å². The molecule has 0 spiro atoms. The first-order valence-electron chi connectivity index (χ1n) is 6.93. The van der Waals surface area contributed by atoms with Crippen LogP contribution in [0.4, 0.5) is 0 Å². The van der Waals surface area contributed by atoms with Crippen LogP contribution in [0.1, 0.15) is 21.5 Å². The van der Waals surface area contributed by atoms with Crippen LogP contribution in [-0.2, 0) is 14.8 Å². The van der Waals surface area contributed by atoms with Crippen molar-refractivity contribution >= 4 is 27.8 Å². The highest BCUT2D eigenvalue weighted by molar-refractivity contribution is 7.89. The van der Waals surface area contributed by atoms with Crippen LogP contribution in [0.15, 0.2) is 53.4 Å². The molecule has 0 N–H and O–H groups in total. The zero-order chi connectivity index (χ0) is 16.6. The number of fused-ring (bicyclic) bond motifs is 1. The molecular formula is C17H15NO4S. The average molecular weight is 329 g/mol. The Labute approximate surface area is 134 Å². The molecule has 0 unspecified atom stereocenters. The lowest BCUT2D eigenvalue weighted by atomic mass is 10.1. The van der Waals surface area contributed by atoms with Gasteiger partial charge in [-0.05, 0) is 29.3 Å². The summed E-state index contributed by atoms with van der Waals surface area (Å²) in [5.41, 5.74) is 2.15. The van der Waals surface area contributed by atoms with E-state index in [1.807, 2.05) is 30.3 Å². The summed E-state index contributed by atoms with van der Waals surface area (Å²) in [7, 11) is -0.963. The summed E-state index contributed by atoms with van der Waals surface area (Å²) >= 11 is 0. The second kappa shape index (κ2) is 5.55. The number of rotatable bonds is 2. The number of benzene rings is 2. The number of hydrogen-bond donors (Lipinski definition) is 0. The molecule has 0 aliphatic carbocycles. The molecular weight excluding hydrogens is 314 g/mol. The van der Waals surface area contributed by atoms with Gasteiger partial charge < -0.3 is 4.74 Å². The monoisotopic (exact) mass is 329 g/mol. The predicted octanol–water partition coefficient (Wildman–Crippen LogP) is 2.61. The molecule has 1 aliphatic heterocycles. The van der Waals surface area contributed by atoms with E-state index < -0.39 is 16.0 Å². The highest BCUT2D eigenvalue weighted by Gasteiger charge is 2.31. The van der Waals surface area contributed by atoms with E-state index in [4.69, 9.17) is 0 Å². The Morgan fingerprint density at radius 3 is 2.43 bits per heavy atom. The summed E-state index contributed by atoms with van der Waals surface area (Å²) in [5, 5.41) is 0. The molecule has 0 radical (unpaired) electrons. The normalized spacial score (nSPS) is 15.6. The first kappa shape index (κ1) is 15.3. The van der Waals surface area contributed by atoms with Crippen LogP contribution in [0.25, 0.3) is 11.8 Å². The van der Waals surface area contributed by atoms with Crippen molar-refractivity contribution < 1.29 is 17.9 Å². The van der Waals surface area contributed by atoms with Crippen LogP contribution < -0.4 is 0 Å². The highest BCUT2D eigenvalue weighted by atomic mass is 32.2. The van der Waals surface area contributed by atoms with Crippen molar-refractivity contribution in [3.05, 3.63) is 65.2 Å². The van der Waals surface area contributed by atoms with Gasteiger partial charge in [0.05, 0.1) is 23.3 Å². The maximum atomic E-state index is 12.8. The molecule has 0 atom stereocenters. The minimum absolute atomic E-state index is 0.0996. The Balaban J connectivity index is 2.20. The molecule has 6 heteroatoms. The maximum absolute atomic E-state index is 12.8. The van der Waals surface area contributed by atoms with E-state index >= 15 is 0 Å². The molecule has 0 fully saturated rings. The summed E-state index contributed by atoms with van der Waals surface area (Å²) in [6.07, 6.45) is 1.80. The third-order valence-electron chi connectivity index (χ3n) is 3.77. The average Bonchev–Trinajstić information content (AvgIpc) is 2.58. The summed E-state index contributed by atoms with van der Waals surface area (Å²) in [4.78, 5) is 11.7. The van der Waals surface area contributed by atoms with Gasteiger partial charge in [-0.15, -0.1) is 0 Å². The topological polar surface area (TPSA) is 63.7 Å². The largest absolute Gasteiger partial charge is 0.465 e. The van der Waals surface area contributed by atoms with Crippen LogP contribution in [-0.4, -0.2) is 32.8 Å². The van der Waals surface area contributed by atoms with E-state index in [-0.39, 0.29) is 10.5 Å². The molecule has 2 aromatic rings. The first-order valence-corrected chi connectivity index (χ1v) is 8.37. The molecule has 1 aliphatic rings. The lowest BCUT2D eigenvalue weighted by molar-refractivity contribution is 0.0600. The number of sulfonamides is 1. The van der Waals surface area contributed by atoms with Crippen LogP contribution in [0.5, 0.6) is 0 Å². The number of ether oxygens (including phenoxy) is 1. The second-order valence-corrected chi connectivity index (χ2v) is 7.05. The zero-order valence-corrected chi connectivity index (χ0v) is 13.5. The van der Waals surface area contributed by atoms with Crippen molar-refractivity contribution in [2.75, 3.05) is 14.2 Å². The second-order valence-electron chi connectivity index (χ2n) is 5.11. The minimum Gasteiger partial charge on any atom is -0.465 e. The van der Waals surface area contributed by atoms with E-state index in [1.54, 1.807) is 18.2 Å². The van der Waals surface area contributed by atoms with E-state index in [0.29, 0.717) is 11.3 Å². The smallest absolute Gasteiger partial charge is 0.337 e. The van der Waals surface area contributed by atoms with Crippen molar-refractivity contribution in [1.82, 2.24) is 4.31 Å². The molecule has 1 heterocycles. The molecule has 2 aromatic carbocycles. The van der Waals surface area contributed by atoms with Crippen molar-refractivity contribution in [2.45, 2.75) is 4.90 Å². The molecule has 5 nitrogen and oxygen atoms in total. The molecule has 3 rings (SSSR count). The summed E-state index contributed by atoms with van der Waals surface area (Å²) in [5.74, 6) is -0.566. The number of hydrogen-bond acceptors (Lipinski definition) is 4. The fourth-order valence-corrected chi connectivity index (χ4v) is 3.92. The lowest BCUT2D eigenvalue weighted by Gasteiger charge is -2.28. The van der Waals surface area contributed by atoms with Gasteiger partial charge >= 0.3 is 5.97 Å². The van der Waals surface area contributed by atoms with Gasteiger partial charge in [-0.2, -0.15) is 0 Å². The van der Waals surface area contributed by atoms with Crippen molar-refractivity contribution in [1.29, 1.82) is 0 Å². The van der Waals surface area contributed by atoms with Gasteiger partial charge in [0.1, 0.15) is 0 Å². The van der Waals surface area contributed by atoms with Crippen LogP contribution in [0, 0.1) is 0 Å². The summed E-state index contributed by atoms with van der Waals surface area (Å²) < 4.78 is 31.4. The van der Waals surface area contributed by atoms with Gasteiger partial charge in [-0.3, -0.25) is 4.31 Å². The minimum atomic E-state index is -3.73. The third-order valence-corrected chi connectivity index (χ3v) is 5.60. The van der Waals surface area contributed by atoms with E-state index in [0.717, 1.165) is 5.56 Å². The molecule has 0 amide bonds. The molecule has 0 saturated carbocycles. The number of carbonyl (C=O) groups excluding carboxylic acids is 1. The van der Waals surface area contributed by atoms with Crippen LogP contribution in [0.3, 0.4) is 0 Å². The van der Waals surface area contributed by atoms with Gasteiger partial charge in [0, 0.05) is 7.05 Å². The van der Waals surface area contributed by atoms with Crippen molar-refractivity contribution in [3.63, 3.8) is 0 Å². The zero-order valence-electron chi connectivity index (χ0n) is 12.7. The Morgan fingerprint density at radius 2 is 1.78 bits per heavy atom. The van der Waals surface area contributed by atoms with Gasteiger partial charge in [0.15, 0.2) is 0 Å². The summed E-state index contributed by atoms with van der Waals surface area (Å²) in [6, 6.07) is 13.8. The van der Waals surface area contributed by atoms with E-state index in [2.05, 4.69) is 4.74 Å². The number of nitrogens with zero attached hydrogens (tertiary/aromatic N) is 1. The Morgan fingerprint density at radius 1 is 1.09 bits per heavy atom. The van der Waals surface area contributed by atoms with Gasteiger partial charge in [0.2, 0.25) is 0 Å². The van der Waals surface area contributed by atoms with Crippen molar-refractivity contribution in [2.24, 2.45) is 0 Å². The van der Waals surface area contributed by atoms with Gasteiger partial charge in [-0.1, -0.05) is 36.4 Å². The van der Waals surface area contributed by atoms with E-state index in [9.17, 15) is 13.2 Å². The Hall–Kier alpha value is -2.60. The van der Waals surface area contributed by atoms with Crippen molar-refractivity contribution in [3.8, 4) is 0 Å². The molecule has 0 saturated heterocycles. The number of esters is 1. The maximum Gasteiger partial charge on any atom is 0.337 e. The van der Waals surface area contributed by atoms with Gasteiger partial charge in [-0.25, -0.2) is 13.2 Å². The van der Waals surface area contributed by atoms with E-state index in [1.165, 1.54) is 24.5 Å². The fourth-order valence-electron chi connectivity index (χ4n) is 2.51. The highest BCUT2D eigenvalue weighted by Crippen LogP contribution is 2.35. The van der Waals surface area contributed by atoms with Crippen LogP contribution in [0.2, 0.25) is 0 Å². The molecule has 0 aromatic heterocycles.